The van der Waals surface area contributed by atoms with Gasteiger partial charge in [-0.05, 0) is 40.7 Å². The lowest BCUT2D eigenvalue weighted by Crippen LogP contribution is -2.51. The number of ether oxygens (including phenoxy) is 1. The zero-order chi connectivity index (χ0) is 14.2. The second-order valence-corrected chi connectivity index (χ2v) is 5.51. The van der Waals surface area contributed by atoms with Crippen LogP contribution in [0.2, 0.25) is 0 Å². The molecule has 0 aliphatic carbocycles. The summed E-state index contributed by atoms with van der Waals surface area (Å²) in [6.07, 6.45) is 2.05. The van der Waals surface area contributed by atoms with Gasteiger partial charge in [0, 0.05) is 31.3 Å². The van der Waals surface area contributed by atoms with Gasteiger partial charge in [0.15, 0.2) is 0 Å². The van der Waals surface area contributed by atoms with Crippen molar-refractivity contribution in [1.29, 1.82) is 0 Å². The largest absolute Gasteiger partial charge is 0.394 e. The van der Waals surface area contributed by atoms with E-state index in [1.807, 2.05) is 7.05 Å². The number of aliphatic hydroxyl groups is 1. The summed E-state index contributed by atoms with van der Waals surface area (Å²) >= 11 is 0. The number of rotatable bonds is 10. The summed E-state index contributed by atoms with van der Waals surface area (Å²) in [4.78, 5) is 2.47. The standard InChI is InChI=1S/C14H32N2O2/c1-7-12(2)16(8-9-18-6)13(3)10-14(4,11-17)15-5/h12-13,15,17H,7-11H2,1-6H3. The van der Waals surface area contributed by atoms with Crippen LogP contribution in [0.1, 0.15) is 40.5 Å². The van der Waals surface area contributed by atoms with Crippen LogP contribution >= 0.6 is 0 Å². The van der Waals surface area contributed by atoms with Crippen molar-refractivity contribution in [1.82, 2.24) is 10.2 Å². The first kappa shape index (κ1) is 17.8. The van der Waals surface area contributed by atoms with Gasteiger partial charge in [-0.2, -0.15) is 0 Å². The average molecular weight is 260 g/mol. The molecule has 0 radical (unpaired) electrons. The molecule has 0 aliphatic rings. The Hall–Kier alpha value is -0.160. The number of hydrogen-bond acceptors (Lipinski definition) is 4. The minimum Gasteiger partial charge on any atom is -0.394 e. The van der Waals surface area contributed by atoms with Crippen molar-refractivity contribution < 1.29 is 9.84 Å². The van der Waals surface area contributed by atoms with Gasteiger partial charge in [0.1, 0.15) is 0 Å². The van der Waals surface area contributed by atoms with Crippen LogP contribution in [0.4, 0.5) is 0 Å². The zero-order valence-electron chi connectivity index (χ0n) is 13.0. The molecule has 0 saturated carbocycles. The van der Waals surface area contributed by atoms with Crippen LogP contribution in [-0.4, -0.2) is 61.5 Å². The van der Waals surface area contributed by atoms with E-state index >= 15 is 0 Å². The zero-order valence-corrected chi connectivity index (χ0v) is 13.0. The highest BCUT2D eigenvalue weighted by atomic mass is 16.5. The molecule has 0 aromatic heterocycles. The Kier molecular flexibility index (Phi) is 8.78. The fourth-order valence-corrected chi connectivity index (χ4v) is 2.32. The van der Waals surface area contributed by atoms with Gasteiger partial charge < -0.3 is 15.2 Å². The molecule has 0 rings (SSSR count). The Morgan fingerprint density at radius 1 is 1.33 bits per heavy atom. The van der Waals surface area contributed by atoms with E-state index in [-0.39, 0.29) is 12.1 Å². The molecule has 0 aromatic carbocycles. The Bertz CT molecular complexity index is 208. The van der Waals surface area contributed by atoms with Crippen molar-refractivity contribution in [3.8, 4) is 0 Å². The minimum absolute atomic E-state index is 0.159. The fourth-order valence-electron chi connectivity index (χ4n) is 2.32. The van der Waals surface area contributed by atoms with Crippen LogP contribution < -0.4 is 5.32 Å². The van der Waals surface area contributed by atoms with Gasteiger partial charge in [0.2, 0.25) is 0 Å². The van der Waals surface area contributed by atoms with Gasteiger partial charge in [0.05, 0.1) is 13.2 Å². The molecule has 0 spiro atoms. The van der Waals surface area contributed by atoms with Crippen LogP contribution in [0.3, 0.4) is 0 Å². The number of nitrogens with zero attached hydrogens (tertiary/aromatic N) is 1. The molecule has 3 unspecified atom stereocenters. The summed E-state index contributed by atoms with van der Waals surface area (Å²) in [5.41, 5.74) is -0.210. The van der Waals surface area contributed by atoms with E-state index in [9.17, 15) is 5.11 Å². The summed E-state index contributed by atoms with van der Waals surface area (Å²) in [6.45, 7) is 10.6. The number of likely N-dealkylation sites (N-methyl/N-ethyl adjacent to an activating group) is 1. The third-order valence-corrected chi connectivity index (χ3v) is 3.98. The Labute approximate surface area is 113 Å². The van der Waals surface area contributed by atoms with Crippen LogP contribution in [0.15, 0.2) is 0 Å². The normalized spacial score (nSPS) is 18.7. The molecule has 0 aliphatic heterocycles. The SMILES string of the molecule is CCC(C)N(CCOC)C(C)CC(C)(CO)NC. The monoisotopic (exact) mass is 260 g/mol. The molecule has 3 atom stereocenters. The third kappa shape index (κ3) is 5.65. The van der Waals surface area contributed by atoms with Crippen molar-refractivity contribution in [2.45, 2.75) is 58.2 Å². The molecule has 4 heteroatoms. The van der Waals surface area contributed by atoms with Gasteiger partial charge in [-0.1, -0.05) is 6.92 Å². The van der Waals surface area contributed by atoms with Crippen molar-refractivity contribution >= 4 is 0 Å². The number of methoxy groups -OCH3 is 1. The highest BCUT2D eigenvalue weighted by molar-refractivity contribution is 4.87. The smallest absolute Gasteiger partial charge is 0.0611 e. The fraction of sp³-hybridized carbons (Fsp3) is 1.00. The van der Waals surface area contributed by atoms with E-state index in [0.717, 1.165) is 26.0 Å². The molecule has 18 heavy (non-hydrogen) atoms. The molecule has 2 N–H and O–H groups in total. The molecule has 0 amide bonds. The lowest BCUT2D eigenvalue weighted by Gasteiger charge is -2.39. The van der Waals surface area contributed by atoms with Crippen LogP contribution in [-0.2, 0) is 4.74 Å². The molecule has 0 saturated heterocycles. The molecule has 110 valence electrons. The summed E-state index contributed by atoms with van der Waals surface area (Å²) in [7, 11) is 3.65. The second kappa shape index (κ2) is 8.86. The van der Waals surface area contributed by atoms with Crippen LogP contribution in [0.25, 0.3) is 0 Å². The Morgan fingerprint density at radius 3 is 2.33 bits per heavy atom. The number of nitrogens with one attached hydrogen (secondary N) is 1. The molecule has 0 heterocycles. The number of hydrogen-bond donors (Lipinski definition) is 2. The topological polar surface area (TPSA) is 44.7 Å². The maximum Gasteiger partial charge on any atom is 0.0611 e. The molecular weight excluding hydrogens is 228 g/mol. The summed E-state index contributed by atoms with van der Waals surface area (Å²) in [5.74, 6) is 0. The van der Waals surface area contributed by atoms with Crippen molar-refractivity contribution in [3.63, 3.8) is 0 Å². The van der Waals surface area contributed by atoms with Crippen LogP contribution in [0.5, 0.6) is 0 Å². The second-order valence-electron chi connectivity index (χ2n) is 5.51. The van der Waals surface area contributed by atoms with E-state index < -0.39 is 0 Å². The quantitative estimate of drug-likeness (QED) is 0.624. The molecule has 4 nitrogen and oxygen atoms in total. The lowest BCUT2D eigenvalue weighted by atomic mass is 9.93. The van der Waals surface area contributed by atoms with Gasteiger partial charge >= 0.3 is 0 Å². The first-order valence-electron chi connectivity index (χ1n) is 6.98. The first-order valence-corrected chi connectivity index (χ1v) is 6.98. The Balaban J connectivity index is 4.58. The number of aliphatic hydroxyl groups excluding tert-OH is 1. The van der Waals surface area contributed by atoms with E-state index in [2.05, 4.69) is 37.9 Å². The van der Waals surface area contributed by atoms with E-state index in [4.69, 9.17) is 4.74 Å². The van der Waals surface area contributed by atoms with Crippen molar-refractivity contribution in [3.05, 3.63) is 0 Å². The predicted octanol–water partition coefficient (Wildman–Crippen LogP) is 1.48. The van der Waals surface area contributed by atoms with Crippen molar-refractivity contribution in [2.75, 3.05) is 33.9 Å². The van der Waals surface area contributed by atoms with E-state index in [0.29, 0.717) is 12.1 Å². The molecule has 0 aromatic rings. The van der Waals surface area contributed by atoms with Gasteiger partial charge in [0.25, 0.3) is 0 Å². The maximum atomic E-state index is 9.48. The predicted molar refractivity (Wildman–Crippen MR) is 77.0 cm³/mol. The van der Waals surface area contributed by atoms with Crippen LogP contribution in [0, 0.1) is 0 Å². The highest BCUT2D eigenvalue weighted by Crippen LogP contribution is 2.18. The molecule has 0 bridgehead atoms. The molecular formula is C14H32N2O2. The minimum atomic E-state index is -0.210. The van der Waals surface area contributed by atoms with E-state index in [1.54, 1.807) is 7.11 Å². The summed E-state index contributed by atoms with van der Waals surface area (Å²) in [5, 5.41) is 12.7. The highest BCUT2D eigenvalue weighted by Gasteiger charge is 2.28. The first-order chi connectivity index (χ1) is 8.44. The van der Waals surface area contributed by atoms with E-state index in [1.165, 1.54) is 0 Å². The van der Waals surface area contributed by atoms with Crippen molar-refractivity contribution in [2.24, 2.45) is 0 Å². The average Bonchev–Trinajstić information content (AvgIpc) is 2.38. The summed E-state index contributed by atoms with van der Waals surface area (Å²) < 4.78 is 5.19. The Morgan fingerprint density at radius 2 is 1.94 bits per heavy atom. The summed E-state index contributed by atoms with van der Waals surface area (Å²) in [6, 6.07) is 0.953. The maximum absolute atomic E-state index is 9.48. The third-order valence-electron chi connectivity index (χ3n) is 3.98. The van der Waals surface area contributed by atoms with Gasteiger partial charge in [-0.3, -0.25) is 4.90 Å². The lowest BCUT2D eigenvalue weighted by molar-refractivity contribution is 0.0670. The van der Waals surface area contributed by atoms with Gasteiger partial charge in [-0.15, -0.1) is 0 Å². The molecule has 0 fully saturated rings. The van der Waals surface area contributed by atoms with Gasteiger partial charge in [-0.25, -0.2) is 0 Å².